The fourth-order valence-electron chi connectivity index (χ4n) is 2.15. The van der Waals surface area contributed by atoms with Crippen LogP contribution in [-0.4, -0.2) is 45.8 Å². The molecule has 1 fully saturated rings. The highest BCUT2D eigenvalue weighted by Gasteiger charge is 2.38. The number of carboxylic acids is 1. The summed E-state index contributed by atoms with van der Waals surface area (Å²) in [6, 6.07) is 4.05. The molecule has 2 rings (SSSR count). The molecular formula is C13H15FN2O4. The summed E-state index contributed by atoms with van der Waals surface area (Å²) in [5.74, 6) is -1.51. The van der Waals surface area contributed by atoms with Gasteiger partial charge in [-0.2, -0.15) is 0 Å². The largest absolute Gasteiger partial charge is 0.480 e. The number of nitrogens with one attached hydrogen (secondary N) is 1. The Balaban J connectivity index is 1.94. The smallest absolute Gasteiger partial charge is 0.326 e. The first kappa shape index (κ1) is 14.3. The van der Waals surface area contributed by atoms with Crippen LogP contribution < -0.4 is 5.32 Å². The molecule has 1 aromatic rings. The van der Waals surface area contributed by atoms with E-state index in [1.807, 2.05) is 0 Å². The molecule has 1 aliphatic rings. The molecule has 0 saturated carbocycles. The number of carbonyl (C=O) groups excluding carboxylic acids is 1. The van der Waals surface area contributed by atoms with Crippen molar-refractivity contribution in [3.05, 3.63) is 35.6 Å². The van der Waals surface area contributed by atoms with Gasteiger partial charge in [0.25, 0.3) is 0 Å². The summed E-state index contributed by atoms with van der Waals surface area (Å²) >= 11 is 0. The van der Waals surface area contributed by atoms with Crippen LogP contribution in [0.15, 0.2) is 24.3 Å². The topological polar surface area (TPSA) is 89.9 Å². The maximum Gasteiger partial charge on any atom is 0.326 e. The highest BCUT2D eigenvalue weighted by molar-refractivity contribution is 5.83. The number of hydrogen-bond donors (Lipinski definition) is 3. The van der Waals surface area contributed by atoms with Gasteiger partial charge in [-0.3, -0.25) is 0 Å². The zero-order valence-corrected chi connectivity index (χ0v) is 10.6. The highest BCUT2D eigenvalue weighted by Crippen LogP contribution is 2.18. The van der Waals surface area contributed by atoms with Crippen LogP contribution in [0.2, 0.25) is 0 Å². The Labute approximate surface area is 114 Å². The molecule has 108 valence electrons. The predicted molar refractivity (Wildman–Crippen MR) is 67.4 cm³/mol. The zero-order valence-electron chi connectivity index (χ0n) is 10.6. The lowest BCUT2D eigenvalue weighted by Crippen LogP contribution is -2.45. The van der Waals surface area contributed by atoms with Gasteiger partial charge in [0.05, 0.1) is 6.10 Å². The first-order valence-corrected chi connectivity index (χ1v) is 6.17. The fraction of sp³-hybridized carbons (Fsp3) is 0.385. The van der Waals surface area contributed by atoms with Gasteiger partial charge < -0.3 is 20.4 Å². The van der Waals surface area contributed by atoms with Gasteiger partial charge in [-0.25, -0.2) is 14.0 Å². The third-order valence-corrected chi connectivity index (χ3v) is 3.18. The molecule has 3 N–H and O–H groups in total. The third kappa shape index (κ3) is 3.24. The number of amides is 2. The first-order valence-electron chi connectivity index (χ1n) is 6.17. The highest BCUT2D eigenvalue weighted by atomic mass is 19.1. The van der Waals surface area contributed by atoms with E-state index in [1.54, 1.807) is 0 Å². The van der Waals surface area contributed by atoms with Crippen molar-refractivity contribution in [2.45, 2.75) is 25.1 Å². The van der Waals surface area contributed by atoms with E-state index >= 15 is 0 Å². The van der Waals surface area contributed by atoms with Gasteiger partial charge in [-0.15, -0.1) is 0 Å². The number of aliphatic hydroxyl groups excluding tert-OH is 1. The molecule has 7 heteroatoms. The molecule has 0 aromatic heterocycles. The van der Waals surface area contributed by atoms with E-state index in [2.05, 4.69) is 5.32 Å². The van der Waals surface area contributed by atoms with Crippen LogP contribution in [0.4, 0.5) is 9.18 Å². The van der Waals surface area contributed by atoms with E-state index in [-0.39, 0.29) is 25.3 Å². The lowest BCUT2D eigenvalue weighted by Gasteiger charge is -2.21. The van der Waals surface area contributed by atoms with Crippen molar-refractivity contribution in [2.24, 2.45) is 0 Å². The fourth-order valence-corrected chi connectivity index (χ4v) is 2.15. The number of nitrogens with zero attached hydrogens (tertiary/aromatic N) is 1. The SMILES string of the molecule is O=C(O)[C@@H]1C[C@H](O)CN1C(=O)NCc1ccc(F)cc1. The van der Waals surface area contributed by atoms with Gasteiger partial charge in [-0.05, 0) is 17.7 Å². The van der Waals surface area contributed by atoms with E-state index in [4.69, 9.17) is 5.11 Å². The Bertz CT molecular complexity index is 506. The van der Waals surface area contributed by atoms with Crippen molar-refractivity contribution in [1.29, 1.82) is 0 Å². The number of β-amino-alcohol motifs (C(OH)–C–C–N with tert-alkyl or cyclic N) is 1. The average Bonchev–Trinajstić information content (AvgIpc) is 2.80. The summed E-state index contributed by atoms with van der Waals surface area (Å²) in [7, 11) is 0. The first-order chi connectivity index (χ1) is 9.47. The van der Waals surface area contributed by atoms with E-state index in [9.17, 15) is 19.1 Å². The quantitative estimate of drug-likeness (QED) is 0.755. The third-order valence-electron chi connectivity index (χ3n) is 3.18. The summed E-state index contributed by atoms with van der Waals surface area (Å²) in [5, 5.41) is 21.0. The number of rotatable bonds is 3. The molecule has 20 heavy (non-hydrogen) atoms. The molecule has 0 spiro atoms. The van der Waals surface area contributed by atoms with Crippen molar-refractivity contribution < 1.29 is 24.2 Å². The summed E-state index contributed by atoms with van der Waals surface area (Å²) in [6.45, 7) is 0.157. The Morgan fingerprint density at radius 2 is 2.00 bits per heavy atom. The number of carbonyl (C=O) groups is 2. The molecule has 1 aliphatic heterocycles. The second kappa shape index (κ2) is 5.87. The number of aliphatic carboxylic acids is 1. The molecule has 2 atom stereocenters. The maximum absolute atomic E-state index is 12.7. The molecule has 6 nitrogen and oxygen atoms in total. The average molecular weight is 282 g/mol. The number of aliphatic hydroxyl groups is 1. The standard InChI is InChI=1S/C13H15FN2O4/c14-9-3-1-8(2-4-9)6-15-13(20)16-7-10(17)5-11(16)12(18)19/h1-4,10-11,17H,5-7H2,(H,15,20)(H,18,19)/t10-,11-/m0/s1. The van der Waals surface area contributed by atoms with Crippen LogP contribution in [-0.2, 0) is 11.3 Å². The minimum absolute atomic E-state index is 0.00772. The summed E-state index contributed by atoms with van der Waals surface area (Å²) < 4.78 is 12.7. The molecule has 0 aliphatic carbocycles. The Morgan fingerprint density at radius 1 is 1.35 bits per heavy atom. The van der Waals surface area contributed by atoms with Gasteiger partial charge in [0, 0.05) is 19.5 Å². The second-order valence-electron chi connectivity index (χ2n) is 4.68. The minimum atomic E-state index is -1.14. The summed E-state index contributed by atoms with van der Waals surface area (Å²) in [4.78, 5) is 24.0. The van der Waals surface area contributed by atoms with Gasteiger partial charge >= 0.3 is 12.0 Å². The number of benzene rings is 1. The molecule has 0 radical (unpaired) electrons. The van der Waals surface area contributed by atoms with E-state index in [0.717, 1.165) is 4.90 Å². The van der Waals surface area contributed by atoms with Gasteiger partial charge in [-0.1, -0.05) is 12.1 Å². The second-order valence-corrected chi connectivity index (χ2v) is 4.68. The van der Waals surface area contributed by atoms with Gasteiger partial charge in [0.2, 0.25) is 0 Å². The number of halogens is 1. The minimum Gasteiger partial charge on any atom is -0.480 e. The number of hydrogen-bond acceptors (Lipinski definition) is 3. The lowest BCUT2D eigenvalue weighted by atomic mass is 10.2. The van der Waals surface area contributed by atoms with Crippen molar-refractivity contribution in [2.75, 3.05) is 6.54 Å². The van der Waals surface area contributed by atoms with Crippen LogP contribution in [0.25, 0.3) is 0 Å². The lowest BCUT2D eigenvalue weighted by molar-refractivity contribution is -0.141. The predicted octanol–water partition coefficient (Wildman–Crippen LogP) is 0.555. The van der Waals surface area contributed by atoms with Crippen LogP contribution in [0.1, 0.15) is 12.0 Å². The monoisotopic (exact) mass is 282 g/mol. The van der Waals surface area contributed by atoms with Crippen molar-refractivity contribution in [3.63, 3.8) is 0 Å². The number of urea groups is 1. The Kier molecular flexibility index (Phi) is 4.19. The summed E-state index contributed by atoms with van der Waals surface area (Å²) in [6.07, 6.45) is -0.799. The molecule has 1 saturated heterocycles. The summed E-state index contributed by atoms with van der Waals surface area (Å²) in [5.41, 5.74) is 0.700. The number of likely N-dealkylation sites (tertiary alicyclic amines) is 1. The van der Waals surface area contributed by atoms with E-state index in [1.165, 1.54) is 24.3 Å². The molecule has 1 heterocycles. The van der Waals surface area contributed by atoms with E-state index < -0.39 is 24.1 Å². The van der Waals surface area contributed by atoms with Crippen LogP contribution in [0.5, 0.6) is 0 Å². The van der Waals surface area contributed by atoms with Crippen LogP contribution in [0, 0.1) is 5.82 Å². The van der Waals surface area contributed by atoms with Crippen LogP contribution >= 0.6 is 0 Å². The number of carboxylic acid groups (broad SMARTS) is 1. The molecular weight excluding hydrogens is 267 g/mol. The van der Waals surface area contributed by atoms with Crippen LogP contribution in [0.3, 0.4) is 0 Å². The van der Waals surface area contributed by atoms with Gasteiger partial charge in [0.1, 0.15) is 11.9 Å². The maximum atomic E-state index is 12.7. The Morgan fingerprint density at radius 3 is 2.60 bits per heavy atom. The molecule has 2 amide bonds. The van der Waals surface area contributed by atoms with Gasteiger partial charge in [0.15, 0.2) is 0 Å². The van der Waals surface area contributed by atoms with Crippen molar-refractivity contribution in [1.82, 2.24) is 10.2 Å². The zero-order chi connectivity index (χ0) is 14.7. The van der Waals surface area contributed by atoms with Crippen molar-refractivity contribution in [3.8, 4) is 0 Å². The van der Waals surface area contributed by atoms with Crippen molar-refractivity contribution >= 4 is 12.0 Å². The Hall–Kier alpha value is -2.15. The normalized spacial score (nSPS) is 21.8. The molecule has 0 bridgehead atoms. The molecule has 1 aromatic carbocycles. The van der Waals surface area contributed by atoms with E-state index in [0.29, 0.717) is 5.56 Å². The molecule has 0 unspecified atom stereocenters.